The molecule has 0 bridgehead atoms. The quantitative estimate of drug-likeness (QED) is 0.720. The number of fused-ring (bicyclic) bond motifs is 1. The summed E-state index contributed by atoms with van der Waals surface area (Å²) < 4.78 is 0. The molecule has 0 radical (unpaired) electrons. The van der Waals surface area contributed by atoms with Crippen LogP contribution in [0.4, 0.5) is 0 Å². The second-order valence-corrected chi connectivity index (χ2v) is 3.60. The summed E-state index contributed by atoms with van der Waals surface area (Å²) in [4.78, 5) is 14.0. The van der Waals surface area contributed by atoms with Gasteiger partial charge in [0.2, 0.25) is 0 Å². The average molecular weight is 215 g/mol. The Morgan fingerprint density at radius 1 is 1.38 bits per heavy atom. The monoisotopic (exact) mass is 215 g/mol. The number of carbonyl (C=O) groups excluding carboxylic acids is 1. The zero-order valence-electron chi connectivity index (χ0n) is 8.73. The summed E-state index contributed by atoms with van der Waals surface area (Å²) in [7, 11) is 0. The molecule has 1 aromatic heterocycles. The van der Waals surface area contributed by atoms with E-state index < -0.39 is 5.91 Å². The van der Waals surface area contributed by atoms with E-state index >= 15 is 0 Å². The molecule has 82 valence electrons. The van der Waals surface area contributed by atoms with Gasteiger partial charge in [0.25, 0.3) is 5.91 Å². The van der Waals surface area contributed by atoms with Gasteiger partial charge in [0.05, 0.1) is 0 Å². The van der Waals surface area contributed by atoms with E-state index in [9.17, 15) is 4.79 Å². The van der Waals surface area contributed by atoms with E-state index in [1.807, 2.05) is 24.3 Å². The van der Waals surface area contributed by atoms with Crippen molar-refractivity contribution in [2.75, 3.05) is 0 Å². The van der Waals surface area contributed by atoms with Gasteiger partial charge in [-0.3, -0.25) is 4.79 Å². The first kappa shape index (κ1) is 10.3. The number of hydrogen-bond donors (Lipinski definition) is 3. The van der Waals surface area contributed by atoms with E-state index in [0.29, 0.717) is 5.69 Å². The van der Waals surface area contributed by atoms with E-state index in [2.05, 4.69) is 4.98 Å². The van der Waals surface area contributed by atoms with Crippen LogP contribution in [-0.2, 0) is 6.42 Å². The average Bonchev–Trinajstić information content (AvgIpc) is 2.69. The lowest BCUT2D eigenvalue weighted by Crippen LogP contribution is -2.10. The number of H-pyrrole nitrogens is 1. The van der Waals surface area contributed by atoms with E-state index in [1.165, 1.54) is 6.20 Å². The molecule has 0 saturated heterocycles. The molecule has 2 rings (SSSR count). The first-order valence-corrected chi connectivity index (χ1v) is 4.99. The van der Waals surface area contributed by atoms with Crippen molar-refractivity contribution in [1.82, 2.24) is 4.98 Å². The van der Waals surface area contributed by atoms with Crippen LogP contribution < -0.4 is 11.5 Å². The summed E-state index contributed by atoms with van der Waals surface area (Å²) in [5.41, 5.74) is 13.0. The Bertz CT molecular complexity index is 554. The van der Waals surface area contributed by atoms with E-state index in [4.69, 9.17) is 11.5 Å². The number of amides is 1. The van der Waals surface area contributed by atoms with Crippen molar-refractivity contribution in [3.05, 3.63) is 47.8 Å². The predicted octanol–water partition coefficient (Wildman–Crippen LogP) is 1.28. The van der Waals surface area contributed by atoms with Crippen LogP contribution >= 0.6 is 0 Å². The fourth-order valence-corrected chi connectivity index (χ4v) is 1.64. The van der Waals surface area contributed by atoms with Crippen molar-refractivity contribution in [2.24, 2.45) is 11.5 Å². The predicted molar refractivity (Wildman–Crippen MR) is 63.8 cm³/mol. The molecule has 0 aliphatic heterocycles. The van der Waals surface area contributed by atoms with Crippen LogP contribution in [-0.4, -0.2) is 10.9 Å². The van der Waals surface area contributed by atoms with E-state index in [1.54, 1.807) is 6.07 Å². The van der Waals surface area contributed by atoms with Crippen LogP contribution in [0.2, 0.25) is 0 Å². The van der Waals surface area contributed by atoms with Gasteiger partial charge in [-0.2, -0.15) is 0 Å². The van der Waals surface area contributed by atoms with Crippen LogP contribution in [0.1, 0.15) is 16.1 Å². The Kier molecular flexibility index (Phi) is 2.64. The standard InChI is InChI=1S/C12H13N3O/c13-5-1-2-8-3-4-9-7-11(12(14)16)15-10(9)6-8/h1,3-7,15H,2,13H2,(H2,14,16). The fraction of sp³-hybridized carbons (Fsp3) is 0.0833. The number of allylic oxidation sites excluding steroid dienone is 1. The van der Waals surface area contributed by atoms with Crippen molar-refractivity contribution in [3.8, 4) is 0 Å². The molecule has 16 heavy (non-hydrogen) atoms. The van der Waals surface area contributed by atoms with Crippen molar-refractivity contribution in [3.63, 3.8) is 0 Å². The minimum absolute atomic E-state index is 0.432. The summed E-state index contributed by atoms with van der Waals surface area (Å²) in [6, 6.07) is 7.70. The largest absolute Gasteiger partial charge is 0.405 e. The highest BCUT2D eigenvalue weighted by molar-refractivity contribution is 5.97. The zero-order valence-corrected chi connectivity index (χ0v) is 8.73. The molecule has 0 spiro atoms. The highest BCUT2D eigenvalue weighted by Crippen LogP contribution is 2.17. The molecule has 1 amide bonds. The molecule has 0 saturated carbocycles. The van der Waals surface area contributed by atoms with Crippen molar-refractivity contribution >= 4 is 16.8 Å². The van der Waals surface area contributed by atoms with Gasteiger partial charge in [-0.1, -0.05) is 18.2 Å². The second-order valence-electron chi connectivity index (χ2n) is 3.60. The van der Waals surface area contributed by atoms with Gasteiger partial charge in [0.15, 0.2) is 0 Å². The minimum Gasteiger partial charge on any atom is -0.405 e. The summed E-state index contributed by atoms with van der Waals surface area (Å²) in [5, 5.41) is 0.981. The number of primary amides is 1. The third kappa shape index (κ3) is 1.91. The number of carbonyl (C=O) groups is 1. The van der Waals surface area contributed by atoms with E-state index in [0.717, 1.165) is 22.9 Å². The van der Waals surface area contributed by atoms with Gasteiger partial charge in [-0.05, 0) is 30.3 Å². The molecule has 1 aromatic carbocycles. The lowest BCUT2D eigenvalue weighted by Gasteiger charge is -1.96. The van der Waals surface area contributed by atoms with Crippen LogP contribution in [0.15, 0.2) is 36.5 Å². The summed E-state index contributed by atoms with van der Waals surface area (Å²) in [6.07, 6.45) is 4.17. The lowest BCUT2D eigenvalue weighted by atomic mass is 10.1. The normalized spacial score (nSPS) is 11.2. The van der Waals surface area contributed by atoms with Crippen molar-refractivity contribution < 1.29 is 4.79 Å². The molecule has 0 unspecified atom stereocenters. The van der Waals surface area contributed by atoms with Gasteiger partial charge >= 0.3 is 0 Å². The highest BCUT2D eigenvalue weighted by Gasteiger charge is 2.05. The van der Waals surface area contributed by atoms with Crippen LogP contribution in [0.25, 0.3) is 10.9 Å². The highest BCUT2D eigenvalue weighted by atomic mass is 16.1. The first-order chi connectivity index (χ1) is 7.70. The molecule has 0 aliphatic carbocycles. The third-order valence-corrected chi connectivity index (χ3v) is 2.44. The maximum absolute atomic E-state index is 11.0. The van der Waals surface area contributed by atoms with Gasteiger partial charge in [-0.25, -0.2) is 0 Å². The van der Waals surface area contributed by atoms with Gasteiger partial charge < -0.3 is 16.5 Å². The number of hydrogen-bond acceptors (Lipinski definition) is 2. The Morgan fingerprint density at radius 2 is 2.19 bits per heavy atom. The second kappa shape index (κ2) is 4.10. The maximum Gasteiger partial charge on any atom is 0.265 e. The Labute approximate surface area is 92.9 Å². The van der Waals surface area contributed by atoms with Crippen molar-refractivity contribution in [1.29, 1.82) is 0 Å². The third-order valence-electron chi connectivity index (χ3n) is 2.44. The number of aromatic amines is 1. The van der Waals surface area contributed by atoms with Crippen LogP contribution in [0.3, 0.4) is 0 Å². The topological polar surface area (TPSA) is 84.9 Å². The Morgan fingerprint density at radius 3 is 2.88 bits per heavy atom. The number of aromatic nitrogens is 1. The molecule has 0 fully saturated rings. The number of nitrogens with two attached hydrogens (primary N) is 2. The molecule has 4 heteroatoms. The number of rotatable bonds is 3. The van der Waals surface area contributed by atoms with Crippen molar-refractivity contribution in [2.45, 2.75) is 6.42 Å². The molecule has 1 heterocycles. The van der Waals surface area contributed by atoms with E-state index in [-0.39, 0.29) is 0 Å². The van der Waals surface area contributed by atoms with Gasteiger partial charge in [0.1, 0.15) is 5.69 Å². The van der Waals surface area contributed by atoms with Gasteiger partial charge in [0, 0.05) is 10.9 Å². The first-order valence-electron chi connectivity index (χ1n) is 4.99. The molecular formula is C12H13N3O. The molecular weight excluding hydrogens is 202 g/mol. The summed E-state index contributed by atoms with van der Waals surface area (Å²) >= 11 is 0. The summed E-state index contributed by atoms with van der Waals surface area (Å²) in [6.45, 7) is 0. The summed E-state index contributed by atoms with van der Waals surface area (Å²) in [5.74, 6) is -0.445. The van der Waals surface area contributed by atoms with Crippen LogP contribution in [0, 0.1) is 0 Å². The molecule has 4 nitrogen and oxygen atoms in total. The SMILES string of the molecule is NC=CCc1ccc2cc(C(N)=O)[nH]c2c1. The maximum atomic E-state index is 11.0. The molecule has 0 aliphatic rings. The smallest absolute Gasteiger partial charge is 0.265 e. The van der Waals surface area contributed by atoms with Crippen LogP contribution in [0.5, 0.6) is 0 Å². The number of benzene rings is 1. The van der Waals surface area contributed by atoms with Gasteiger partial charge in [-0.15, -0.1) is 0 Å². The Hall–Kier alpha value is -2.23. The Balaban J connectivity index is 2.41. The molecule has 5 N–H and O–H groups in total. The number of nitrogens with one attached hydrogen (secondary N) is 1. The molecule has 0 atom stereocenters. The molecule has 2 aromatic rings. The zero-order chi connectivity index (χ0) is 11.5. The fourth-order valence-electron chi connectivity index (χ4n) is 1.64. The lowest BCUT2D eigenvalue weighted by molar-refractivity contribution is 0.0996. The minimum atomic E-state index is -0.445.